The maximum atomic E-state index is 10.4. The van der Waals surface area contributed by atoms with Crippen molar-refractivity contribution in [2.24, 2.45) is 0 Å². The van der Waals surface area contributed by atoms with Crippen molar-refractivity contribution in [1.82, 2.24) is 4.98 Å². The van der Waals surface area contributed by atoms with Gasteiger partial charge in [0.2, 0.25) is 0 Å². The molecule has 0 saturated heterocycles. The number of aromatic hydroxyl groups is 1. The number of aromatic nitrogens is 1. The minimum absolute atomic E-state index is 0.264. The number of carbonyl (C=O) groups is 1. The van der Waals surface area contributed by atoms with Gasteiger partial charge >= 0.3 is 5.97 Å². The van der Waals surface area contributed by atoms with Gasteiger partial charge in [0.05, 0.1) is 0 Å². The Labute approximate surface area is 63.1 Å². The first kappa shape index (κ1) is 7.53. The molecule has 4 heteroatoms. The number of carboxylic acid groups (broad SMARTS) is 1. The minimum atomic E-state index is -1.22. The monoisotopic (exact) mass is 153 g/mol. The van der Waals surface area contributed by atoms with E-state index in [2.05, 4.69) is 4.98 Å². The molecule has 1 aromatic heterocycles. The number of hydrogen-bond acceptors (Lipinski definition) is 3. The molecule has 0 aliphatic heterocycles. The van der Waals surface area contributed by atoms with E-state index in [0.29, 0.717) is 5.56 Å². The van der Waals surface area contributed by atoms with E-state index in [0.717, 1.165) is 0 Å². The SMILES string of the molecule is Cc1ccnc(C(=O)O)c1O. The van der Waals surface area contributed by atoms with E-state index in [4.69, 9.17) is 10.2 Å². The van der Waals surface area contributed by atoms with Crippen molar-refractivity contribution >= 4 is 5.97 Å². The lowest BCUT2D eigenvalue weighted by Gasteiger charge is -1.99. The molecule has 4 nitrogen and oxygen atoms in total. The quantitative estimate of drug-likeness (QED) is 0.625. The molecule has 0 aliphatic rings. The molecule has 58 valence electrons. The molecule has 11 heavy (non-hydrogen) atoms. The summed E-state index contributed by atoms with van der Waals surface area (Å²) in [7, 11) is 0. The molecule has 0 spiro atoms. The maximum Gasteiger partial charge on any atom is 0.358 e. The van der Waals surface area contributed by atoms with Crippen LogP contribution in [0.1, 0.15) is 16.1 Å². The fraction of sp³-hybridized carbons (Fsp3) is 0.143. The van der Waals surface area contributed by atoms with Crippen LogP contribution in [-0.2, 0) is 0 Å². The van der Waals surface area contributed by atoms with Crippen LogP contribution in [0.5, 0.6) is 5.75 Å². The molecule has 0 radical (unpaired) electrons. The zero-order chi connectivity index (χ0) is 8.43. The predicted molar refractivity (Wildman–Crippen MR) is 37.6 cm³/mol. The molecule has 1 aromatic rings. The highest BCUT2D eigenvalue weighted by atomic mass is 16.4. The average Bonchev–Trinajstić information content (AvgIpc) is 1.94. The Morgan fingerprint density at radius 1 is 1.64 bits per heavy atom. The zero-order valence-electron chi connectivity index (χ0n) is 5.90. The molecular formula is C7H7NO3. The Morgan fingerprint density at radius 3 is 2.73 bits per heavy atom. The van der Waals surface area contributed by atoms with Gasteiger partial charge in [0.15, 0.2) is 11.4 Å². The molecule has 0 fully saturated rings. The first-order valence-corrected chi connectivity index (χ1v) is 3.01. The third-order valence-corrected chi connectivity index (χ3v) is 1.33. The van der Waals surface area contributed by atoms with Crippen LogP contribution in [0.4, 0.5) is 0 Å². The highest BCUT2D eigenvalue weighted by Gasteiger charge is 2.11. The highest BCUT2D eigenvalue weighted by molar-refractivity contribution is 5.88. The summed E-state index contributed by atoms with van der Waals surface area (Å²) in [5.41, 5.74) is 0.211. The number of aromatic carboxylic acids is 1. The van der Waals surface area contributed by atoms with Gasteiger partial charge < -0.3 is 10.2 Å². The maximum absolute atomic E-state index is 10.4. The summed E-state index contributed by atoms with van der Waals surface area (Å²) in [5.74, 6) is -1.48. The Kier molecular flexibility index (Phi) is 1.76. The van der Waals surface area contributed by atoms with Crippen LogP contribution in [0.25, 0.3) is 0 Å². The lowest BCUT2D eigenvalue weighted by molar-refractivity contribution is 0.0687. The molecular weight excluding hydrogens is 146 g/mol. The number of aryl methyl sites for hydroxylation is 1. The molecule has 2 N–H and O–H groups in total. The standard InChI is InChI=1S/C7H7NO3/c1-4-2-3-8-5(6(4)9)7(10)11/h2-3,9H,1H3,(H,10,11). The summed E-state index contributed by atoms with van der Waals surface area (Å²) >= 11 is 0. The van der Waals surface area contributed by atoms with Gasteiger partial charge in [0.25, 0.3) is 0 Å². The number of rotatable bonds is 1. The second-order valence-electron chi connectivity index (χ2n) is 2.13. The molecule has 0 aliphatic carbocycles. The summed E-state index contributed by atoms with van der Waals surface area (Å²) in [4.78, 5) is 13.8. The van der Waals surface area contributed by atoms with Gasteiger partial charge in [-0.3, -0.25) is 0 Å². The first-order chi connectivity index (χ1) is 5.13. The summed E-state index contributed by atoms with van der Waals surface area (Å²) < 4.78 is 0. The van der Waals surface area contributed by atoms with E-state index in [1.807, 2.05) is 0 Å². The van der Waals surface area contributed by atoms with E-state index in [9.17, 15) is 4.79 Å². The lowest BCUT2D eigenvalue weighted by Crippen LogP contribution is -2.00. The predicted octanol–water partition coefficient (Wildman–Crippen LogP) is 0.794. The summed E-state index contributed by atoms with van der Waals surface area (Å²) in [6, 6.07) is 1.54. The average molecular weight is 153 g/mol. The molecule has 0 bridgehead atoms. The van der Waals surface area contributed by atoms with E-state index < -0.39 is 5.97 Å². The van der Waals surface area contributed by atoms with Crippen molar-refractivity contribution in [3.63, 3.8) is 0 Å². The number of pyridine rings is 1. The summed E-state index contributed by atoms with van der Waals surface area (Å²) in [5, 5.41) is 17.6. The Morgan fingerprint density at radius 2 is 2.27 bits per heavy atom. The van der Waals surface area contributed by atoms with E-state index >= 15 is 0 Å². The summed E-state index contributed by atoms with van der Waals surface area (Å²) in [6.07, 6.45) is 1.35. The lowest BCUT2D eigenvalue weighted by atomic mass is 10.2. The van der Waals surface area contributed by atoms with Crippen LogP contribution in [0, 0.1) is 6.92 Å². The van der Waals surface area contributed by atoms with Gasteiger partial charge in [0, 0.05) is 6.20 Å². The fourth-order valence-corrected chi connectivity index (χ4v) is 0.707. The second kappa shape index (κ2) is 2.57. The van der Waals surface area contributed by atoms with Gasteiger partial charge in [-0.2, -0.15) is 0 Å². The minimum Gasteiger partial charge on any atom is -0.505 e. The molecule has 1 rings (SSSR count). The van der Waals surface area contributed by atoms with Gasteiger partial charge in [-0.1, -0.05) is 0 Å². The first-order valence-electron chi connectivity index (χ1n) is 3.01. The zero-order valence-corrected chi connectivity index (χ0v) is 5.90. The van der Waals surface area contributed by atoms with Crippen molar-refractivity contribution in [2.45, 2.75) is 6.92 Å². The van der Waals surface area contributed by atoms with Crippen LogP contribution in [0.3, 0.4) is 0 Å². The molecule has 0 saturated carbocycles. The van der Waals surface area contributed by atoms with Crippen LogP contribution < -0.4 is 0 Å². The van der Waals surface area contributed by atoms with E-state index in [-0.39, 0.29) is 11.4 Å². The van der Waals surface area contributed by atoms with Crippen LogP contribution in [0.2, 0.25) is 0 Å². The summed E-state index contributed by atoms with van der Waals surface area (Å²) in [6.45, 7) is 1.61. The number of hydrogen-bond donors (Lipinski definition) is 2. The smallest absolute Gasteiger partial charge is 0.358 e. The van der Waals surface area contributed by atoms with Gasteiger partial charge in [-0.25, -0.2) is 9.78 Å². The van der Waals surface area contributed by atoms with E-state index in [1.54, 1.807) is 13.0 Å². The van der Waals surface area contributed by atoms with Gasteiger partial charge in [-0.15, -0.1) is 0 Å². The fourth-order valence-electron chi connectivity index (χ4n) is 0.707. The third-order valence-electron chi connectivity index (χ3n) is 1.33. The van der Waals surface area contributed by atoms with Crippen LogP contribution in [0.15, 0.2) is 12.3 Å². The topological polar surface area (TPSA) is 70.4 Å². The number of nitrogens with zero attached hydrogens (tertiary/aromatic N) is 1. The van der Waals surface area contributed by atoms with Crippen LogP contribution in [-0.4, -0.2) is 21.2 Å². The van der Waals surface area contributed by atoms with Crippen molar-refractivity contribution < 1.29 is 15.0 Å². The van der Waals surface area contributed by atoms with Gasteiger partial charge in [0.1, 0.15) is 0 Å². The van der Waals surface area contributed by atoms with Crippen molar-refractivity contribution in [2.75, 3.05) is 0 Å². The third kappa shape index (κ3) is 1.29. The number of carboxylic acids is 1. The van der Waals surface area contributed by atoms with Crippen molar-refractivity contribution in [1.29, 1.82) is 0 Å². The molecule has 0 unspecified atom stereocenters. The highest BCUT2D eigenvalue weighted by Crippen LogP contribution is 2.18. The Hall–Kier alpha value is -1.58. The second-order valence-corrected chi connectivity index (χ2v) is 2.13. The van der Waals surface area contributed by atoms with Gasteiger partial charge in [-0.05, 0) is 18.6 Å². The van der Waals surface area contributed by atoms with Crippen molar-refractivity contribution in [3.8, 4) is 5.75 Å². The van der Waals surface area contributed by atoms with E-state index in [1.165, 1.54) is 6.20 Å². The largest absolute Gasteiger partial charge is 0.505 e. The normalized spacial score (nSPS) is 9.55. The van der Waals surface area contributed by atoms with Crippen molar-refractivity contribution in [3.05, 3.63) is 23.5 Å². The molecule has 1 heterocycles. The molecule has 0 aromatic carbocycles. The van der Waals surface area contributed by atoms with Crippen LogP contribution >= 0.6 is 0 Å². The Bertz CT molecular complexity index is 296. The molecule has 0 amide bonds. The Balaban J connectivity index is 3.27. The molecule has 0 atom stereocenters.